The number of thiophene rings is 1. The number of nitrogens with zero attached hydrogens (tertiary/aromatic N) is 2. The van der Waals surface area contributed by atoms with E-state index in [0.717, 1.165) is 41.1 Å². The largest absolute Gasteiger partial charge is 0.491 e. The third kappa shape index (κ3) is 4.59. The Labute approximate surface area is 166 Å². The molecule has 2 aromatic rings. The van der Waals surface area contributed by atoms with Gasteiger partial charge < -0.3 is 4.74 Å². The van der Waals surface area contributed by atoms with Crippen LogP contribution >= 0.6 is 11.3 Å². The molecule has 0 radical (unpaired) electrons. The van der Waals surface area contributed by atoms with Crippen molar-refractivity contribution < 1.29 is 4.74 Å². The van der Waals surface area contributed by atoms with Crippen molar-refractivity contribution >= 4 is 22.6 Å². The fourth-order valence-corrected chi connectivity index (χ4v) is 4.78. The molecule has 142 valence electrons. The van der Waals surface area contributed by atoms with Gasteiger partial charge in [0, 0.05) is 11.1 Å². The van der Waals surface area contributed by atoms with Gasteiger partial charge >= 0.3 is 0 Å². The SMILES string of the molecule is CC(C)Oc1ccc(C=Nc2sc3c(c2C#N)CC[C@@H](C(C)(C)C)C3)cc1. The van der Waals surface area contributed by atoms with E-state index < -0.39 is 0 Å². The van der Waals surface area contributed by atoms with E-state index in [4.69, 9.17) is 4.74 Å². The zero-order valence-corrected chi connectivity index (χ0v) is 17.7. The molecule has 0 saturated carbocycles. The Bertz CT molecular complexity index is 864. The van der Waals surface area contributed by atoms with Crippen LogP contribution in [0.3, 0.4) is 0 Å². The molecule has 3 rings (SSSR count). The van der Waals surface area contributed by atoms with Crippen molar-refractivity contribution in [3.8, 4) is 11.8 Å². The van der Waals surface area contributed by atoms with Gasteiger partial charge in [0.15, 0.2) is 0 Å². The molecular weight excluding hydrogens is 352 g/mol. The minimum atomic E-state index is 0.164. The highest BCUT2D eigenvalue weighted by Gasteiger charge is 2.32. The van der Waals surface area contributed by atoms with Crippen LogP contribution < -0.4 is 4.74 Å². The summed E-state index contributed by atoms with van der Waals surface area (Å²) in [6.45, 7) is 11.0. The monoisotopic (exact) mass is 380 g/mol. The first-order valence-corrected chi connectivity index (χ1v) is 10.4. The number of rotatable bonds is 4. The number of ether oxygens (including phenoxy) is 1. The zero-order chi connectivity index (χ0) is 19.6. The second kappa shape index (κ2) is 7.86. The standard InChI is InChI=1S/C23H28N2OS/c1-15(2)26-18-9-6-16(7-10-18)14-25-22-20(13-24)19-11-8-17(23(3,4)5)12-21(19)27-22/h6-7,9-10,14-15,17H,8,11-12H2,1-5H3/t17-/m1/s1. The van der Waals surface area contributed by atoms with Crippen molar-refractivity contribution in [2.75, 3.05) is 0 Å². The summed E-state index contributed by atoms with van der Waals surface area (Å²) in [6, 6.07) is 10.3. The highest BCUT2D eigenvalue weighted by atomic mass is 32.1. The Morgan fingerprint density at radius 3 is 2.56 bits per heavy atom. The quantitative estimate of drug-likeness (QED) is 0.584. The summed E-state index contributed by atoms with van der Waals surface area (Å²) in [5.41, 5.74) is 3.32. The van der Waals surface area contributed by atoms with Gasteiger partial charge in [0.1, 0.15) is 16.8 Å². The third-order valence-electron chi connectivity index (χ3n) is 5.17. The van der Waals surface area contributed by atoms with Crippen LogP contribution in [0.25, 0.3) is 0 Å². The minimum absolute atomic E-state index is 0.164. The maximum absolute atomic E-state index is 9.67. The molecule has 1 aliphatic rings. The molecule has 1 aromatic carbocycles. The Balaban J connectivity index is 1.81. The molecule has 4 heteroatoms. The van der Waals surface area contributed by atoms with Crippen molar-refractivity contribution in [2.45, 2.75) is 60.0 Å². The van der Waals surface area contributed by atoms with Crippen molar-refractivity contribution in [1.82, 2.24) is 0 Å². The highest BCUT2D eigenvalue weighted by molar-refractivity contribution is 7.16. The molecule has 27 heavy (non-hydrogen) atoms. The predicted octanol–water partition coefficient (Wildman–Crippen LogP) is 6.31. The molecule has 0 bridgehead atoms. The summed E-state index contributed by atoms with van der Waals surface area (Å²) in [6.07, 6.45) is 5.22. The molecule has 1 heterocycles. The lowest BCUT2D eigenvalue weighted by Gasteiger charge is -2.33. The van der Waals surface area contributed by atoms with Crippen LogP contribution in [0.5, 0.6) is 5.75 Å². The van der Waals surface area contributed by atoms with Gasteiger partial charge in [-0.1, -0.05) is 20.8 Å². The van der Waals surface area contributed by atoms with Crippen LogP contribution in [0.4, 0.5) is 5.00 Å². The summed E-state index contributed by atoms with van der Waals surface area (Å²) in [5, 5.41) is 10.5. The van der Waals surface area contributed by atoms with E-state index in [0.29, 0.717) is 11.3 Å². The molecule has 0 saturated heterocycles. The van der Waals surface area contributed by atoms with Crippen LogP contribution in [0, 0.1) is 22.7 Å². The summed E-state index contributed by atoms with van der Waals surface area (Å²) < 4.78 is 5.68. The van der Waals surface area contributed by atoms with Crippen molar-refractivity contribution in [3.05, 3.63) is 45.8 Å². The van der Waals surface area contributed by atoms with E-state index in [1.165, 1.54) is 10.4 Å². The van der Waals surface area contributed by atoms with E-state index in [-0.39, 0.29) is 6.10 Å². The fourth-order valence-electron chi connectivity index (χ4n) is 3.55. The molecule has 1 atom stereocenters. The molecule has 0 aliphatic heterocycles. The van der Waals surface area contributed by atoms with E-state index >= 15 is 0 Å². The molecule has 0 fully saturated rings. The number of hydrogen-bond acceptors (Lipinski definition) is 4. The topological polar surface area (TPSA) is 45.4 Å². The predicted molar refractivity (Wildman–Crippen MR) is 113 cm³/mol. The average Bonchev–Trinajstić information content (AvgIpc) is 2.96. The number of aliphatic imine (C=N–C) groups is 1. The normalized spacial score (nSPS) is 17.1. The van der Waals surface area contributed by atoms with E-state index in [9.17, 15) is 5.26 Å². The van der Waals surface area contributed by atoms with Crippen LogP contribution in [0.1, 0.15) is 62.6 Å². The summed E-state index contributed by atoms with van der Waals surface area (Å²) in [5.74, 6) is 1.53. The lowest BCUT2D eigenvalue weighted by atomic mass is 9.72. The summed E-state index contributed by atoms with van der Waals surface area (Å²) >= 11 is 1.69. The van der Waals surface area contributed by atoms with Gasteiger partial charge in [0.25, 0.3) is 0 Å². The summed E-state index contributed by atoms with van der Waals surface area (Å²) in [4.78, 5) is 6.01. The molecule has 3 nitrogen and oxygen atoms in total. The van der Waals surface area contributed by atoms with Gasteiger partial charge in [0.05, 0.1) is 11.7 Å². The first-order chi connectivity index (χ1) is 12.8. The molecule has 0 amide bonds. The van der Waals surface area contributed by atoms with Crippen molar-refractivity contribution in [2.24, 2.45) is 16.3 Å². The molecule has 1 aliphatic carbocycles. The highest BCUT2D eigenvalue weighted by Crippen LogP contribution is 2.44. The number of benzene rings is 1. The maximum atomic E-state index is 9.67. The second-order valence-corrected chi connectivity index (χ2v) is 9.68. The molecule has 1 aromatic heterocycles. The lowest BCUT2D eigenvalue weighted by Crippen LogP contribution is -2.26. The fraction of sp³-hybridized carbons (Fsp3) is 0.478. The van der Waals surface area contributed by atoms with Gasteiger partial charge in [-0.05, 0) is 79.8 Å². The van der Waals surface area contributed by atoms with Crippen LogP contribution in [0.15, 0.2) is 29.3 Å². The number of hydrogen-bond donors (Lipinski definition) is 0. The second-order valence-electron chi connectivity index (χ2n) is 8.60. The Morgan fingerprint density at radius 2 is 1.96 bits per heavy atom. The molecule has 0 spiro atoms. The number of nitriles is 1. The van der Waals surface area contributed by atoms with E-state index in [1.54, 1.807) is 11.3 Å². The first kappa shape index (κ1) is 19.6. The molecule has 0 unspecified atom stereocenters. The van der Waals surface area contributed by atoms with Crippen LogP contribution in [-0.4, -0.2) is 12.3 Å². The Kier molecular flexibility index (Phi) is 5.72. The lowest BCUT2D eigenvalue weighted by molar-refractivity contribution is 0.218. The average molecular weight is 381 g/mol. The van der Waals surface area contributed by atoms with Crippen molar-refractivity contribution in [1.29, 1.82) is 5.26 Å². The molecule has 0 N–H and O–H groups in total. The smallest absolute Gasteiger partial charge is 0.134 e. The van der Waals surface area contributed by atoms with Gasteiger partial charge in [0.2, 0.25) is 0 Å². The third-order valence-corrected chi connectivity index (χ3v) is 6.33. The van der Waals surface area contributed by atoms with Gasteiger partial charge in [-0.15, -0.1) is 11.3 Å². The zero-order valence-electron chi connectivity index (χ0n) is 16.9. The Hall–Kier alpha value is -2.12. The number of fused-ring (bicyclic) bond motifs is 1. The Morgan fingerprint density at radius 1 is 1.26 bits per heavy atom. The van der Waals surface area contributed by atoms with E-state index in [2.05, 4.69) is 31.8 Å². The minimum Gasteiger partial charge on any atom is -0.491 e. The van der Waals surface area contributed by atoms with Gasteiger partial charge in [-0.3, -0.25) is 0 Å². The first-order valence-electron chi connectivity index (χ1n) is 9.63. The van der Waals surface area contributed by atoms with Gasteiger partial charge in [-0.2, -0.15) is 5.26 Å². The van der Waals surface area contributed by atoms with Crippen LogP contribution in [-0.2, 0) is 12.8 Å². The maximum Gasteiger partial charge on any atom is 0.134 e. The summed E-state index contributed by atoms with van der Waals surface area (Å²) in [7, 11) is 0. The van der Waals surface area contributed by atoms with Gasteiger partial charge in [-0.25, -0.2) is 4.99 Å². The van der Waals surface area contributed by atoms with Crippen LogP contribution in [0.2, 0.25) is 0 Å². The van der Waals surface area contributed by atoms with E-state index in [1.807, 2.05) is 44.3 Å². The molecular formula is C23H28N2OS. The van der Waals surface area contributed by atoms with Crippen molar-refractivity contribution in [3.63, 3.8) is 0 Å².